The standard InChI is InChI=1S/C12H21NO2/c14-11-6-4-10(5-7-11)13-12(15)8-9-2-1-3-9/h9-11,14H,1-8H2,(H,13,15). The van der Waals surface area contributed by atoms with Crippen molar-refractivity contribution in [2.24, 2.45) is 5.92 Å². The van der Waals surface area contributed by atoms with Crippen LogP contribution in [0.2, 0.25) is 0 Å². The first-order valence-electron chi connectivity index (χ1n) is 6.21. The highest BCUT2D eigenvalue weighted by molar-refractivity contribution is 5.76. The van der Waals surface area contributed by atoms with Gasteiger partial charge in [-0.25, -0.2) is 0 Å². The Labute approximate surface area is 91.2 Å². The number of amides is 1. The van der Waals surface area contributed by atoms with Crippen molar-refractivity contribution in [2.75, 3.05) is 0 Å². The van der Waals surface area contributed by atoms with E-state index in [1.54, 1.807) is 0 Å². The quantitative estimate of drug-likeness (QED) is 0.745. The molecule has 0 radical (unpaired) electrons. The molecule has 0 unspecified atom stereocenters. The molecule has 0 aromatic heterocycles. The van der Waals surface area contributed by atoms with Crippen molar-refractivity contribution >= 4 is 5.91 Å². The topological polar surface area (TPSA) is 49.3 Å². The molecule has 2 saturated carbocycles. The highest BCUT2D eigenvalue weighted by atomic mass is 16.3. The van der Waals surface area contributed by atoms with Crippen molar-refractivity contribution in [3.8, 4) is 0 Å². The van der Waals surface area contributed by atoms with Gasteiger partial charge < -0.3 is 10.4 Å². The third kappa shape index (κ3) is 3.20. The highest BCUT2D eigenvalue weighted by Crippen LogP contribution is 2.29. The molecule has 86 valence electrons. The first kappa shape index (κ1) is 10.9. The van der Waals surface area contributed by atoms with E-state index in [-0.39, 0.29) is 12.0 Å². The van der Waals surface area contributed by atoms with Crippen LogP contribution in [-0.4, -0.2) is 23.2 Å². The van der Waals surface area contributed by atoms with Crippen LogP contribution in [0.25, 0.3) is 0 Å². The Balaban J connectivity index is 1.64. The fourth-order valence-corrected chi connectivity index (χ4v) is 2.47. The van der Waals surface area contributed by atoms with E-state index >= 15 is 0 Å². The average molecular weight is 211 g/mol. The summed E-state index contributed by atoms with van der Waals surface area (Å²) in [6.45, 7) is 0. The van der Waals surface area contributed by atoms with Crippen LogP contribution in [0.15, 0.2) is 0 Å². The van der Waals surface area contributed by atoms with E-state index in [0.717, 1.165) is 32.1 Å². The number of aliphatic hydroxyl groups is 1. The van der Waals surface area contributed by atoms with Crippen molar-refractivity contribution in [1.29, 1.82) is 0 Å². The number of rotatable bonds is 3. The first-order valence-corrected chi connectivity index (χ1v) is 6.21. The van der Waals surface area contributed by atoms with Gasteiger partial charge >= 0.3 is 0 Å². The molecule has 2 N–H and O–H groups in total. The lowest BCUT2D eigenvalue weighted by molar-refractivity contribution is -0.123. The molecule has 0 saturated heterocycles. The van der Waals surface area contributed by atoms with E-state index in [9.17, 15) is 9.90 Å². The maximum absolute atomic E-state index is 11.6. The Morgan fingerprint density at radius 1 is 1.13 bits per heavy atom. The fourth-order valence-electron chi connectivity index (χ4n) is 2.47. The van der Waals surface area contributed by atoms with E-state index in [0.29, 0.717) is 12.0 Å². The van der Waals surface area contributed by atoms with Gasteiger partial charge in [0.1, 0.15) is 0 Å². The monoisotopic (exact) mass is 211 g/mol. The van der Waals surface area contributed by atoms with Crippen LogP contribution in [0.3, 0.4) is 0 Å². The van der Waals surface area contributed by atoms with Gasteiger partial charge in [0.25, 0.3) is 0 Å². The average Bonchev–Trinajstić information content (AvgIpc) is 2.16. The molecule has 0 aromatic carbocycles. The van der Waals surface area contributed by atoms with Gasteiger partial charge in [-0.1, -0.05) is 6.42 Å². The van der Waals surface area contributed by atoms with Crippen LogP contribution < -0.4 is 5.32 Å². The molecule has 0 heterocycles. The molecule has 2 aliphatic rings. The molecule has 2 aliphatic carbocycles. The third-order valence-corrected chi connectivity index (χ3v) is 3.76. The van der Waals surface area contributed by atoms with Gasteiger partial charge in [0.15, 0.2) is 0 Å². The maximum atomic E-state index is 11.6. The summed E-state index contributed by atoms with van der Waals surface area (Å²) < 4.78 is 0. The van der Waals surface area contributed by atoms with Gasteiger partial charge in [-0.05, 0) is 44.4 Å². The third-order valence-electron chi connectivity index (χ3n) is 3.76. The lowest BCUT2D eigenvalue weighted by atomic mass is 9.82. The number of aliphatic hydroxyl groups excluding tert-OH is 1. The molecular formula is C12H21NO2. The highest BCUT2D eigenvalue weighted by Gasteiger charge is 2.24. The second kappa shape index (κ2) is 4.97. The number of hydrogen-bond donors (Lipinski definition) is 2. The van der Waals surface area contributed by atoms with Gasteiger partial charge in [0.2, 0.25) is 5.91 Å². The zero-order valence-electron chi connectivity index (χ0n) is 9.24. The van der Waals surface area contributed by atoms with Crippen LogP contribution in [0.5, 0.6) is 0 Å². The molecule has 3 nitrogen and oxygen atoms in total. The predicted octanol–water partition coefficient (Wildman–Crippen LogP) is 1.60. The molecule has 0 atom stereocenters. The number of nitrogens with one attached hydrogen (secondary N) is 1. The van der Waals surface area contributed by atoms with Crippen molar-refractivity contribution in [3.05, 3.63) is 0 Å². The summed E-state index contributed by atoms with van der Waals surface area (Å²) in [5.74, 6) is 0.875. The van der Waals surface area contributed by atoms with Crippen molar-refractivity contribution in [1.82, 2.24) is 5.32 Å². The molecule has 15 heavy (non-hydrogen) atoms. The van der Waals surface area contributed by atoms with Crippen LogP contribution in [0.1, 0.15) is 51.4 Å². The molecule has 1 amide bonds. The Hall–Kier alpha value is -0.570. The summed E-state index contributed by atoms with van der Waals surface area (Å²) in [5, 5.41) is 12.4. The number of carbonyl (C=O) groups is 1. The van der Waals surface area contributed by atoms with Crippen LogP contribution in [-0.2, 0) is 4.79 Å². The zero-order chi connectivity index (χ0) is 10.7. The second-order valence-electron chi connectivity index (χ2n) is 5.07. The summed E-state index contributed by atoms with van der Waals surface area (Å²) in [6.07, 6.45) is 7.92. The molecular weight excluding hydrogens is 190 g/mol. The minimum Gasteiger partial charge on any atom is -0.393 e. The first-order chi connectivity index (χ1) is 7.24. The zero-order valence-corrected chi connectivity index (χ0v) is 9.24. The SMILES string of the molecule is O=C(CC1CCC1)NC1CCC(O)CC1. The van der Waals surface area contributed by atoms with Crippen LogP contribution in [0.4, 0.5) is 0 Å². The molecule has 0 spiro atoms. The lowest BCUT2D eigenvalue weighted by Crippen LogP contribution is -2.39. The van der Waals surface area contributed by atoms with E-state index in [2.05, 4.69) is 5.32 Å². The molecule has 2 fully saturated rings. The predicted molar refractivity (Wildman–Crippen MR) is 58.4 cm³/mol. The van der Waals surface area contributed by atoms with Gasteiger partial charge in [-0.3, -0.25) is 4.79 Å². The van der Waals surface area contributed by atoms with Crippen molar-refractivity contribution in [2.45, 2.75) is 63.5 Å². The van der Waals surface area contributed by atoms with Crippen molar-refractivity contribution < 1.29 is 9.90 Å². The van der Waals surface area contributed by atoms with Gasteiger partial charge in [0, 0.05) is 12.5 Å². The normalized spacial score (nSPS) is 32.1. The van der Waals surface area contributed by atoms with Crippen LogP contribution in [0, 0.1) is 5.92 Å². The van der Waals surface area contributed by atoms with E-state index < -0.39 is 0 Å². The van der Waals surface area contributed by atoms with Gasteiger partial charge in [0.05, 0.1) is 6.10 Å². The smallest absolute Gasteiger partial charge is 0.220 e. The molecule has 0 aliphatic heterocycles. The molecule has 3 heteroatoms. The molecule has 0 bridgehead atoms. The van der Waals surface area contributed by atoms with E-state index in [1.165, 1.54) is 19.3 Å². The fraction of sp³-hybridized carbons (Fsp3) is 0.917. The van der Waals surface area contributed by atoms with Crippen molar-refractivity contribution in [3.63, 3.8) is 0 Å². The molecule has 0 aromatic rings. The number of hydrogen-bond acceptors (Lipinski definition) is 2. The number of carbonyl (C=O) groups excluding carboxylic acids is 1. The Morgan fingerprint density at radius 3 is 2.33 bits per heavy atom. The maximum Gasteiger partial charge on any atom is 0.220 e. The van der Waals surface area contributed by atoms with Gasteiger partial charge in [-0.2, -0.15) is 0 Å². The van der Waals surface area contributed by atoms with Gasteiger partial charge in [-0.15, -0.1) is 0 Å². The summed E-state index contributed by atoms with van der Waals surface area (Å²) in [6, 6.07) is 0.320. The summed E-state index contributed by atoms with van der Waals surface area (Å²) >= 11 is 0. The minimum absolute atomic E-state index is 0.134. The Kier molecular flexibility index (Phi) is 3.62. The summed E-state index contributed by atoms with van der Waals surface area (Å²) in [4.78, 5) is 11.6. The van der Waals surface area contributed by atoms with E-state index in [1.807, 2.05) is 0 Å². The minimum atomic E-state index is -0.134. The lowest BCUT2D eigenvalue weighted by Gasteiger charge is -2.28. The Morgan fingerprint density at radius 2 is 1.80 bits per heavy atom. The largest absolute Gasteiger partial charge is 0.393 e. The van der Waals surface area contributed by atoms with Crippen LogP contribution >= 0.6 is 0 Å². The summed E-state index contributed by atoms with van der Waals surface area (Å²) in [7, 11) is 0. The van der Waals surface area contributed by atoms with E-state index in [4.69, 9.17) is 0 Å². The second-order valence-corrected chi connectivity index (χ2v) is 5.07. The summed E-state index contributed by atoms with van der Waals surface area (Å²) in [5.41, 5.74) is 0. The molecule has 2 rings (SSSR count). The Bertz CT molecular complexity index is 218.